The molecule has 1 unspecified atom stereocenters. The molecule has 0 radical (unpaired) electrons. The second kappa shape index (κ2) is 5.05. The molecule has 0 amide bonds. The lowest BCUT2D eigenvalue weighted by atomic mass is 9.97. The second-order valence-corrected chi connectivity index (χ2v) is 6.10. The first-order chi connectivity index (χ1) is 10.7. The smallest absolute Gasteiger partial charge is 0.358 e. The molecule has 0 spiro atoms. The van der Waals surface area contributed by atoms with E-state index in [4.69, 9.17) is 0 Å². The average molecular weight is 319 g/mol. The van der Waals surface area contributed by atoms with Crippen molar-refractivity contribution in [1.82, 2.24) is 24.6 Å². The Kier molecular flexibility index (Phi) is 3.03. The Morgan fingerprint density at radius 1 is 1.50 bits per heavy atom. The largest absolute Gasteiger partial charge is 0.373 e. The number of fused-ring (bicyclic) bond motifs is 1. The van der Waals surface area contributed by atoms with Crippen LogP contribution in [0.1, 0.15) is 24.6 Å². The summed E-state index contributed by atoms with van der Waals surface area (Å²) in [4.78, 5) is 22.4. The van der Waals surface area contributed by atoms with Gasteiger partial charge < -0.3 is 15.0 Å². The molecular weight excluding hydrogens is 306 g/mol. The van der Waals surface area contributed by atoms with Crippen molar-refractivity contribution in [3.05, 3.63) is 33.8 Å². The van der Waals surface area contributed by atoms with Crippen LogP contribution in [0.2, 0.25) is 0 Å². The Morgan fingerprint density at radius 3 is 3.18 bits per heavy atom. The van der Waals surface area contributed by atoms with Crippen molar-refractivity contribution in [2.45, 2.75) is 18.8 Å². The Labute approximate surface area is 128 Å². The van der Waals surface area contributed by atoms with Crippen LogP contribution >= 0.6 is 11.3 Å². The van der Waals surface area contributed by atoms with E-state index in [1.54, 1.807) is 11.6 Å². The summed E-state index contributed by atoms with van der Waals surface area (Å²) < 4.78 is 1.54. The predicted octanol–water partition coefficient (Wildman–Crippen LogP) is 1.81. The van der Waals surface area contributed by atoms with Gasteiger partial charge in [-0.05, 0) is 17.8 Å². The van der Waals surface area contributed by atoms with Crippen molar-refractivity contribution in [3.8, 4) is 0 Å². The molecule has 22 heavy (non-hydrogen) atoms. The van der Waals surface area contributed by atoms with Crippen LogP contribution in [0.3, 0.4) is 0 Å². The van der Waals surface area contributed by atoms with E-state index in [2.05, 4.69) is 20.2 Å². The van der Waals surface area contributed by atoms with Crippen LogP contribution in [0.4, 0.5) is 11.6 Å². The molecule has 114 valence electrons. The molecule has 0 aromatic carbocycles. The summed E-state index contributed by atoms with van der Waals surface area (Å²) in [7, 11) is 0. The maximum absolute atomic E-state index is 11.4. The lowest BCUT2D eigenvalue weighted by Gasteiger charge is -2.31. The summed E-state index contributed by atoms with van der Waals surface area (Å²) in [5.41, 5.74) is 0. The first-order valence-electron chi connectivity index (χ1n) is 6.94. The molecule has 0 aliphatic carbocycles. The first-order valence-corrected chi connectivity index (χ1v) is 7.82. The molecule has 9 nitrogen and oxygen atoms in total. The number of aromatic nitrogens is 5. The maximum atomic E-state index is 11.4. The standard InChI is InChI=1S/C12H13N7O2S/c20-19(21)11-10(15-12-18(11)4-5-22-12)17-3-1-2-8(6-17)9-13-7-14-16-9/h4-5,7-8H,1-3,6H2,(H,13,14,16). The Bertz CT molecular complexity index is 809. The number of nitro groups is 1. The normalized spacial score (nSPS) is 18.9. The lowest BCUT2D eigenvalue weighted by molar-refractivity contribution is -0.389. The van der Waals surface area contributed by atoms with Gasteiger partial charge in [0.15, 0.2) is 0 Å². The van der Waals surface area contributed by atoms with Gasteiger partial charge in [0, 0.05) is 24.4 Å². The molecule has 1 aliphatic heterocycles. The van der Waals surface area contributed by atoms with E-state index >= 15 is 0 Å². The number of rotatable bonds is 3. The van der Waals surface area contributed by atoms with Crippen LogP contribution in [0.5, 0.6) is 0 Å². The van der Waals surface area contributed by atoms with Gasteiger partial charge in [-0.1, -0.05) is 11.3 Å². The van der Waals surface area contributed by atoms with Gasteiger partial charge in [0.05, 0.1) is 0 Å². The molecule has 10 heteroatoms. The third-order valence-corrected chi connectivity index (χ3v) is 4.69. The fraction of sp³-hybridized carbons (Fsp3) is 0.417. The number of aromatic amines is 1. The minimum Gasteiger partial charge on any atom is -0.358 e. The Hall–Kier alpha value is -2.49. The molecule has 3 aromatic rings. The number of H-pyrrole nitrogens is 1. The zero-order chi connectivity index (χ0) is 15.1. The fourth-order valence-corrected chi connectivity index (χ4v) is 3.65. The van der Waals surface area contributed by atoms with Crippen LogP contribution in [-0.4, -0.2) is 42.6 Å². The van der Waals surface area contributed by atoms with Crippen LogP contribution in [-0.2, 0) is 0 Å². The van der Waals surface area contributed by atoms with Gasteiger partial charge in [0.1, 0.15) is 18.3 Å². The highest BCUT2D eigenvalue weighted by Gasteiger charge is 2.32. The lowest BCUT2D eigenvalue weighted by Crippen LogP contribution is -2.35. The monoisotopic (exact) mass is 319 g/mol. The van der Waals surface area contributed by atoms with Crippen molar-refractivity contribution < 1.29 is 4.92 Å². The number of hydrogen-bond acceptors (Lipinski definition) is 7. The van der Waals surface area contributed by atoms with E-state index in [0.29, 0.717) is 17.3 Å². The quantitative estimate of drug-likeness (QED) is 0.583. The molecule has 0 saturated carbocycles. The highest BCUT2D eigenvalue weighted by atomic mass is 32.1. The third kappa shape index (κ3) is 2.03. The maximum Gasteiger partial charge on any atom is 0.373 e. The number of hydrogen-bond donors (Lipinski definition) is 1. The summed E-state index contributed by atoms with van der Waals surface area (Å²) in [5.74, 6) is 1.50. The molecule has 4 rings (SSSR count). The van der Waals surface area contributed by atoms with E-state index in [9.17, 15) is 10.1 Å². The summed E-state index contributed by atoms with van der Waals surface area (Å²) in [6.45, 7) is 1.41. The van der Waals surface area contributed by atoms with Gasteiger partial charge in [-0.2, -0.15) is 14.5 Å². The highest BCUT2D eigenvalue weighted by molar-refractivity contribution is 7.15. The van der Waals surface area contributed by atoms with Gasteiger partial charge in [-0.25, -0.2) is 4.98 Å². The summed E-state index contributed by atoms with van der Waals surface area (Å²) in [6, 6.07) is 0. The second-order valence-electron chi connectivity index (χ2n) is 5.23. The molecule has 1 aliphatic rings. The van der Waals surface area contributed by atoms with Crippen molar-refractivity contribution in [2.24, 2.45) is 0 Å². The van der Waals surface area contributed by atoms with E-state index < -0.39 is 0 Å². The zero-order valence-corrected chi connectivity index (χ0v) is 12.4. The van der Waals surface area contributed by atoms with E-state index in [1.165, 1.54) is 22.1 Å². The summed E-state index contributed by atoms with van der Waals surface area (Å²) in [5, 5.41) is 20.0. The van der Waals surface area contributed by atoms with Crippen molar-refractivity contribution in [3.63, 3.8) is 0 Å². The first kappa shape index (κ1) is 13.2. The van der Waals surface area contributed by atoms with Crippen molar-refractivity contribution in [2.75, 3.05) is 18.0 Å². The predicted molar refractivity (Wildman–Crippen MR) is 80.3 cm³/mol. The Balaban J connectivity index is 1.70. The minimum absolute atomic E-state index is 0.0365. The molecule has 1 atom stereocenters. The van der Waals surface area contributed by atoms with Crippen LogP contribution in [0, 0.1) is 10.1 Å². The van der Waals surface area contributed by atoms with Crippen molar-refractivity contribution in [1.29, 1.82) is 0 Å². The van der Waals surface area contributed by atoms with E-state index in [1.807, 2.05) is 4.90 Å². The molecule has 3 aromatic heterocycles. The number of imidazole rings is 1. The SMILES string of the molecule is O=[N+]([O-])c1c(N2CCCC(c3ncn[nH]3)C2)nc2sccn12. The average Bonchev–Trinajstić information content (AvgIpc) is 3.23. The number of anilines is 1. The number of nitrogens with zero attached hydrogens (tertiary/aromatic N) is 6. The van der Waals surface area contributed by atoms with Gasteiger partial charge in [-0.15, -0.1) is 0 Å². The van der Waals surface area contributed by atoms with Crippen molar-refractivity contribution >= 4 is 27.9 Å². The Morgan fingerprint density at radius 2 is 2.41 bits per heavy atom. The van der Waals surface area contributed by atoms with Gasteiger partial charge >= 0.3 is 5.82 Å². The fourth-order valence-electron chi connectivity index (χ4n) is 2.95. The molecule has 1 fully saturated rings. The molecule has 1 N–H and O–H groups in total. The van der Waals surface area contributed by atoms with E-state index in [0.717, 1.165) is 25.2 Å². The van der Waals surface area contributed by atoms with Gasteiger partial charge in [0.25, 0.3) is 4.96 Å². The minimum atomic E-state index is -0.361. The van der Waals surface area contributed by atoms with Gasteiger partial charge in [0.2, 0.25) is 5.82 Å². The number of piperidine rings is 1. The number of nitrogens with one attached hydrogen (secondary N) is 1. The third-order valence-electron chi connectivity index (χ3n) is 3.93. The van der Waals surface area contributed by atoms with Crippen LogP contribution in [0.25, 0.3) is 4.96 Å². The van der Waals surface area contributed by atoms with E-state index in [-0.39, 0.29) is 16.7 Å². The number of thiazole rings is 1. The molecule has 1 saturated heterocycles. The summed E-state index contributed by atoms with van der Waals surface area (Å²) >= 11 is 1.39. The topological polar surface area (TPSA) is 105 Å². The van der Waals surface area contributed by atoms with Crippen LogP contribution in [0.15, 0.2) is 17.9 Å². The molecular formula is C12H13N7O2S. The van der Waals surface area contributed by atoms with Gasteiger partial charge in [-0.3, -0.25) is 5.10 Å². The molecule has 0 bridgehead atoms. The highest BCUT2D eigenvalue weighted by Crippen LogP contribution is 2.35. The zero-order valence-electron chi connectivity index (χ0n) is 11.5. The summed E-state index contributed by atoms with van der Waals surface area (Å²) in [6.07, 6.45) is 5.10. The molecule has 4 heterocycles. The van der Waals surface area contributed by atoms with Crippen LogP contribution < -0.4 is 4.90 Å².